The standard InChI is InChI=1S/C15H13N5O4S/c1-10-5-7-11(8-6-10)25(23,24)19-17-13-9-16-18-15-12(13)3-2-4-14(15)20(21)22/h2-9,19H,1H3,(H,17,18). The lowest BCUT2D eigenvalue weighted by molar-refractivity contribution is -0.383. The minimum absolute atomic E-state index is 0.0621. The number of sulfonamides is 1. The summed E-state index contributed by atoms with van der Waals surface area (Å²) in [5.41, 5.74) is 3.58. The van der Waals surface area contributed by atoms with Crippen molar-refractivity contribution in [3.8, 4) is 0 Å². The molecule has 3 aromatic rings. The largest absolute Gasteiger partial charge is 0.306 e. The molecule has 0 radical (unpaired) electrons. The molecule has 25 heavy (non-hydrogen) atoms. The number of hydrogen-bond acceptors (Lipinski definition) is 7. The molecule has 0 fully saturated rings. The fourth-order valence-corrected chi connectivity index (χ4v) is 3.07. The van der Waals surface area contributed by atoms with Crippen molar-refractivity contribution in [3.05, 3.63) is 64.3 Å². The second kappa shape index (κ2) is 6.42. The van der Waals surface area contributed by atoms with Crippen LogP contribution in [-0.2, 0) is 10.0 Å². The molecule has 1 aromatic heterocycles. The van der Waals surface area contributed by atoms with E-state index >= 15 is 0 Å². The zero-order valence-electron chi connectivity index (χ0n) is 13.0. The van der Waals surface area contributed by atoms with Gasteiger partial charge in [0.1, 0.15) is 0 Å². The highest BCUT2D eigenvalue weighted by molar-refractivity contribution is 7.89. The van der Waals surface area contributed by atoms with Gasteiger partial charge in [-0.15, -0.1) is 9.93 Å². The van der Waals surface area contributed by atoms with Crippen molar-refractivity contribution in [3.63, 3.8) is 0 Å². The number of hydrazine groups is 1. The van der Waals surface area contributed by atoms with Gasteiger partial charge in [-0.3, -0.25) is 10.1 Å². The number of nitrogens with zero attached hydrogens (tertiary/aromatic N) is 3. The van der Waals surface area contributed by atoms with Gasteiger partial charge in [-0.1, -0.05) is 29.8 Å². The Morgan fingerprint density at radius 1 is 1.12 bits per heavy atom. The molecule has 3 rings (SSSR count). The maximum atomic E-state index is 12.3. The average Bonchev–Trinajstić information content (AvgIpc) is 2.59. The van der Waals surface area contributed by atoms with E-state index in [0.717, 1.165) is 5.56 Å². The summed E-state index contributed by atoms with van der Waals surface area (Å²) in [5, 5.41) is 18.9. The van der Waals surface area contributed by atoms with Gasteiger partial charge < -0.3 is 5.43 Å². The van der Waals surface area contributed by atoms with Gasteiger partial charge in [0.2, 0.25) is 0 Å². The van der Waals surface area contributed by atoms with Crippen LogP contribution in [0.5, 0.6) is 0 Å². The third-order valence-corrected chi connectivity index (χ3v) is 4.76. The number of benzene rings is 2. The first-order valence-corrected chi connectivity index (χ1v) is 8.60. The zero-order chi connectivity index (χ0) is 18.0. The van der Waals surface area contributed by atoms with Gasteiger partial charge in [0.15, 0.2) is 5.52 Å². The first-order chi connectivity index (χ1) is 11.9. The van der Waals surface area contributed by atoms with Gasteiger partial charge >= 0.3 is 0 Å². The van der Waals surface area contributed by atoms with Crippen molar-refractivity contribution in [2.24, 2.45) is 0 Å². The van der Waals surface area contributed by atoms with Crippen LogP contribution >= 0.6 is 0 Å². The molecule has 0 saturated carbocycles. The van der Waals surface area contributed by atoms with Crippen molar-refractivity contribution >= 4 is 32.3 Å². The van der Waals surface area contributed by atoms with E-state index in [1.54, 1.807) is 18.2 Å². The molecule has 1 heterocycles. The van der Waals surface area contributed by atoms with Gasteiger partial charge in [0.05, 0.1) is 21.7 Å². The third-order valence-electron chi connectivity index (χ3n) is 3.50. The Morgan fingerprint density at radius 3 is 2.52 bits per heavy atom. The molecule has 0 bridgehead atoms. The van der Waals surface area contributed by atoms with E-state index in [4.69, 9.17) is 0 Å². The maximum absolute atomic E-state index is 12.3. The van der Waals surface area contributed by atoms with E-state index in [0.29, 0.717) is 5.39 Å². The van der Waals surface area contributed by atoms with Crippen LogP contribution in [-0.4, -0.2) is 23.5 Å². The van der Waals surface area contributed by atoms with Crippen LogP contribution in [0, 0.1) is 17.0 Å². The number of nitro groups is 1. The van der Waals surface area contributed by atoms with E-state index in [-0.39, 0.29) is 21.8 Å². The molecular weight excluding hydrogens is 346 g/mol. The van der Waals surface area contributed by atoms with Crippen molar-refractivity contribution in [2.45, 2.75) is 11.8 Å². The molecule has 0 aliphatic rings. The van der Waals surface area contributed by atoms with E-state index in [2.05, 4.69) is 20.5 Å². The molecule has 0 aliphatic carbocycles. The summed E-state index contributed by atoms with van der Waals surface area (Å²) in [5.74, 6) is 0. The summed E-state index contributed by atoms with van der Waals surface area (Å²) in [6.07, 6.45) is 1.28. The first kappa shape index (κ1) is 16.7. The molecule has 0 spiro atoms. The lowest BCUT2D eigenvalue weighted by Crippen LogP contribution is -2.29. The van der Waals surface area contributed by atoms with Crippen LogP contribution < -0.4 is 10.3 Å². The molecule has 2 N–H and O–H groups in total. The molecule has 0 aliphatic heterocycles. The molecule has 0 amide bonds. The summed E-state index contributed by atoms with van der Waals surface area (Å²) >= 11 is 0. The SMILES string of the molecule is Cc1ccc(S(=O)(=O)NNc2cnnc3c([N+](=O)[O-])cccc23)cc1. The van der Waals surface area contributed by atoms with E-state index < -0.39 is 14.9 Å². The van der Waals surface area contributed by atoms with Crippen LogP contribution in [0.25, 0.3) is 10.9 Å². The van der Waals surface area contributed by atoms with Gasteiger partial charge in [0, 0.05) is 11.5 Å². The Bertz CT molecular complexity index is 1050. The zero-order valence-corrected chi connectivity index (χ0v) is 13.8. The fraction of sp³-hybridized carbons (Fsp3) is 0.0667. The summed E-state index contributed by atoms with van der Waals surface area (Å²) in [7, 11) is -3.81. The van der Waals surface area contributed by atoms with Crippen LogP contribution in [0.3, 0.4) is 0 Å². The smallest absolute Gasteiger partial charge is 0.297 e. The molecular formula is C15H13N5O4S. The molecule has 0 saturated heterocycles. The van der Waals surface area contributed by atoms with Crippen LogP contribution in [0.15, 0.2) is 53.6 Å². The van der Waals surface area contributed by atoms with E-state index in [1.165, 1.54) is 30.5 Å². The quantitative estimate of drug-likeness (QED) is 0.528. The summed E-state index contributed by atoms with van der Waals surface area (Å²) in [6.45, 7) is 1.85. The number of rotatable bonds is 5. The Hall–Kier alpha value is -3.11. The third kappa shape index (κ3) is 3.39. The molecule has 2 aromatic carbocycles. The number of aromatic nitrogens is 2. The second-order valence-corrected chi connectivity index (χ2v) is 6.91. The topological polar surface area (TPSA) is 127 Å². The summed E-state index contributed by atoms with van der Waals surface area (Å²) in [4.78, 5) is 12.8. The second-order valence-electron chi connectivity index (χ2n) is 5.23. The molecule has 128 valence electrons. The van der Waals surface area contributed by atoms with Gasteiger partial charge in [-0.2, -0.15) is 5.10 Å². The van der Waals surface area contributed by atoms with Crippen molar-refractivity contribution in [1.29, 1.82) is 0 Å². The predicted octanol–water partition coefficient (Wildman–Crippen LogP) is 2.15. The number of anilines is 1. The maximum Gasteiger partial charge on any atom is 0.297 e. The number of nitro benzene ring substituents is 1. The van der Waals surface area contributed by atoms with Gasteiger partial charge in [-0.25, -0.2) is 8.42 Å². The lowest BCUT2D eigenvalue weighted by atomic mass is 10.2. The first-order valence-electron chi connectivity index (χ1n) is 7.12. The monoisotopic (exact) mass is 359 g/mol. The van der Waals surface area contributed by atoms with Gasteiger partial charge in [0.25, 0.3) is 15.7 Å². The average molecular weight is 359 g/mol. The van der Waals surface area contributed by atoms with Crippen LogP contribution in [0.2, 0.25) is 0 Å². The van der Waals surface area contributed by atoms with Crippen LogP contribution in [0.1, 0.15) is 5.56 Å². The van der Waals surface area contributed by atoms with E-state index in [9.17, 15) is 18.5 Å². The highest BCUT2D eigenvalue weighted by atomic mass is 32.2. The molecule has 0 unspecified atom stereocenters. The number of aryl methyl sites for hydroxylation is 1. The minimum Gasteiger partial charge on any atom is -0.306 e. The minimum atomic E-state index is -3.81. The normalized spacial score (nSPS) is 11.4. The number of non-ortho nitro benzene ring substituents is 1. The Balaban J connectivity index is 1.92. The van der Waals surface area contributed by atoms with Gasteiger partial charge in [-0.05, 0) is 19.1 Å². The van der Waals surface area contributed by atoms with Crippen molar-refractivity contribution in [2.75, 3.05) is 5.43 Å². The number of nitrogens with one attached hydrogen (secondary N) is 2. The highest BCUT2D eigenvalue weighted by Gasteiger charge is 2.17. The van der Waals surface area contributed by atoms with E-state index in [1.807, 2.05) is 6.92 Å². The van der Waals surface area contributed by atoms with Crippen LogP contribution in [0.4, 0.5) is 11.4 Å². The molecule has 0 atom stereocenters. The fourth-order valence-electron chi connectivity index (χ4n) is 2.21. The Labute approximate surface area is 142 Å². The molecule has 10 heteroatoms. The Morgan fingerprint density at radius 2 is 1.84 bits per heavy atom. The summed E-state index contributed by atoms with van der Waals surface area (Å²) < 4.78 is 24.6. The van der Waals surface area contributed by atoms with Crippen molar-refractivity contribution < 1.29 is 13.3 Å². The van der Waals surface area contributed by atoms with Crippen molar-refractivity contribution in [1.82, 2.24) is 15.0 Å². The number of fused-ring (bicyclic) bond motifs is 1. The number of hydrogen-bond donors (Lipinski definition) is 2. The summed E-state index contributed by atoms with van der Waals surface area (Å²) in [6, 6.07) is 10.7. The highest BCUT2D eigenvalue weighted by Crippen LogP contribution is 2.27. The molecule has 9 nitrogen and oxygen atoms in total. The Kier molecular flexibility index (Phi) is 4.30. The lowest BCUT2D eigenvalue weighted by Gasteiger charge is -2.11. The predicted molar refractivity (Wildman–Crippen MR) is 91.3 cm³/mol.